The highest BCUT2D eigenvalue weighted by atomic mass is 19.4. The lowest BCUT2D eigenvalue weighted by molar-refractivity contribution is -0.138. The van der Waals surface area contributed by atoms with Crippen molar-refractivity contribution in [3.8, 4) is 0 Å². The van der Waals surface area contributed by atoms with Crippen LogP contribution in [0.4, 0.5) is 33.3 Å². The first kappa shape index (κ1) is 31.5. The summed E-state index contributed by atoms with van der Waals surface area (Å²) in [7, 11) is 0. The predicted octanol–water partition coefficient (Wildman–Crippen LogP) is 8.51. The van der Waals surface area contributed by atoms with Gasteiger partial charge in [0.2, 0.25) is 5.91 Å². The van der Waals surface area contributed by atoms with Gasteiger partial charge in [0, 0.05) is 24.0 Å². The third-order valence-electron chi connectivity index (χ3n) is 8.69. The monoisotopic (exact) mass is 613 g/mol. The topological polar surface area (TPSA) is 61.4 Å². The number of halogens is 5. The first-order valence-corrected chi connectivity index (χ1v) is 15.0. The summed E-state index contributed by atoms with van der Waals surface area (Å²) >= 11 is 0. The Morgan fingerprint density at radius 2 is 1.52 bits per heavy atom. The van der Waals surface area contributed by atoms with E-state index in [1.54, 1.807) is 12.1 Å². The molecule has 2 amide bonds. The molecule has 2 fully saturated rings. The number of aryl methyl sites for hydroxylation is 1. The van der Waals surface area contributed by atoms with E-state index in [0.29, 0.717) is 18.0 Å². The lowest BCUT2D eigenvalue weighted by atomic mass is 9.79. The maximum atomic E-state index is 14.8. The highest BCUT2D eigenvalue weighted by molar-refractivity contribution is 5.97. The fraction of sp³-hybridized carbons (Fsp3) is 0.412. The molecule has 2 aliphatic rings. The van der Waals surface area contributed by atoms with Crippen LogP contribution in [0.25, 0.3) is 0 Å². The Labute approximate surface area is 253 Å². The SMILES string of the molecule is Cc1ccc(NC(=O)[C@H]2C[C@@H](C)CN(C(=O)c3c(F)cccc3F)C2c2ccc(NC3CCCCC3)cc2)cc1C(F)(F)F. The summed E-state index contributed by atoms with van der Waals surface area (Å²) in [4.78, 5) is 28.9. The highest BCUT2D eigenvalue weighted by Crippen LogP contribution is 2.41. The van der Waals surface area contributed by atoms with Crippen LogP contribution in [-0.4, -0.2) is 29.3 Å². The quantitative estimate of drug-likeness (QED) is 0.274. The molecule has 1 heterocycles. The van der Waals surface area contributed by atoms with Gasteiger partial charge in [-0.1, -0.05) is 50.5 Å². The van der Waals surface area contributed by atoms with Gasteiger partial charge in [-0.05, 0) is 79.6 Å². The molecule has 1 unspecified atom stereocenters. The Hall–Kier alpha value is -3.95. The van der Waals surface area contributed by atoms with E-state index in [-0.39, 0.29) is 23.7 Å². The van der Waals surface area contributed by atoms with Crippen molar-refractivity contribution in [3.63, 3.8) is 0 Å². The van der Waals surface area contributed by atoms with Crippen molar-refractivity contribution in [3.05, 3.63) is 94.6 Å². The van der Waals surface area contributed by atoms with Crippen molar-refractivity contribution in [2.75, 3.05) is 17.2 Å². The summed E-state index contributed by atoms with van der Waals surface area (Å²) < 4.78 is 70.3. The first-order chi connectivity index (χ1) is 20.9. The largest absolute Gasteiger partial charge is 0.416 e. The number of nitrogens with one attached hydrogen (secondary N) is 2. The number of benzene rings is 3. The molecule has 5 rings (SSSR count). The molecule has 0 radical (unpaired) electrons. The van der Waals surface area contributed by atoms with Crippen LogP contribution in [0.15, 0.2) is 60.7 Å². The van der Waals surface area contributed by atoms with Gasteiger partial charge in [0.05, 0.1) is 17.5 Å². The third-order valence-corrected chi connectivity index (χ3v) is 8.69. The van der Waals surface area contributed by atoms with Crippen LogP contribution >= 0.6 is 0 Å². The van der Waals surface area contributed by atoms with Gasteiger partial charge in [-0.25, -0.2) is 8.78 Å². The van der Waals surface area contributed by atoms with E-state index < -0.39 is 52.7 Å². The molecular formula is C34H36F5N3O2. The lowest BCUT2D eigenvalue weighted by Gasteiger charge is -2.43. The zero-order valence-corrected chi connectivity index (χ0v) is 24.7. The lowest BCUT2D eigenvalue weighted by Crippen LogP contribution is -2.49. The van der Waals surface area contributed by atoms with E-state index in [0.717, 1.165) is 49.6 Å². The normalized spacial score (nSPS) is 21.2. The van der Waals surface area contributed by atoms with Gasteiger partial charge >= 0.3 is 6.18 Å². The highest BCUT2D eigenvalue weighted by Gasteiger charge is 2.43. The molecule has 44 heavy (non-hydrogen) atoms. The molecular weight excluding hydrogens is 577 g/mol. The summed E-state index contributed by atoms with van der Waals surface area (Å²) in [5.41, 5.74) is -0.133. The number of likely N-dealkylation sites (tertiary alicyclic amines) is 1. The number of carbonyl (C=O) groups is 2. The van der Waals surface area contributed by atoms with Gasteiger partial charge in [0.25, 0.3) is 5.91 Å². The van der Waals surface area contributed by atoms with Crippen molar-refractivity contribution >= 4 is 23.2 Å². The summed E-state index contributed by atoms with van der Waals surface area (Å²) in [6.07, 6.45) is 1.36. The van der Waals surface area contributed by atoms with Gasteiger partial charge in [0.15, 0.2) is 0 Å². The molecule has 0 spiro atoms. The minimum atomic E-state index is -4.60. The standard InChI is InChI=1S/C34H36F5N3O2/c1-20-17-26(32(43)41-25-14-11-21(2)27(18-25)34(37,38)39)31(42(19-20)33(44)30-28(35)9-6-10-29(30)36)22-12-15-24(16-13-22)40-23-7-4-3-5-8-23/h6,9-16,18,20,23,26,31,40H,3-5,7-8,17,19H2,1-2H3,(H,41,43)/t20-,26+,31?/m1/s1. The molecule has 1 aliphatic heterocycles. The van der Waals surface area contributed by atoms with Crippen molar-refractivity contribution < 1.29 is 31.5 Å². The third kappa shape index (κ3) is 6.89. The molecule has 3 aromatic carbocycles. The number of piperidine rings is 1. The number of carbonyl (C=O) groups excluding carboxylic acids is 2. The van der Waals surface area contributed by atoms with Crippen molar-refractivity contribution in [1.29, 1.82) is 0 Å². The minimum absolute atomic E-state index is 0.0188. The number of nitrogens with zero attached hydrogens (tertiary/aromatic N) is 1. The Morgan fingerprint density at radius 1 is 0.886 bits per heavy atom. The molecule has 1 saturated heterocycles. The van der Waals surface area contributed by atoms with Gasteiger partial charge in [-0.2, -0.15) is 13.2 Å². The van der Waals surface area contributed by atoms with Crippen molar-refractivity contribution in [2.45, 2.75) is 70.6 Å². The Morgan fingerprint density at radius 3 is 2.16 bits per heavy atom. The van der Waals surface area contributed by atoms with Crippen LogP contribution in [0, 0.1) is 30.4 Å². The molecule has 10 heteroatoms. The van der Waals surface area contributed by atoms with E-state index in [4.69, 9.17) is 0 Å². The van der Waals surface area contributed by atoms with Crippen LogP contribution in [0.3, 0.4) is 0 Å². The van der Waals surface area contributed by atoms with Crippen LogP contribution in [-0.2, 0) is 11.0 Å². The maximum absolute atomic E-state index is 14.8. The molecule has 2 N–H and O–H groups in total. The second-order valence-corrected chi connectivity index (χ2v) is 12.1. The number of hydrogen-bond acceptors (Lipinski definition) is 3. The second-order valence-electron chi connectivity index (χ2n) is 12.1. The molecule has 3 aromatic rings. The molecule has 1 aliphatic carbocycles. The van der Waals surface area contributed by atoms with E-state index in [9.17, 15) is 31.5 Å². The van der Waals surface area contributed by atoms with Gasteiger partial charge in [0.1, 0.15) is 17.2 Å². The number of rotatable bonds is 6. The van der Waals surface area contributed by atoms with Gasteiger partial charge in [-0.3, -0.25) is 9.59 Å². The summed E-state index contributed by atoms with van der Waals surface area (Å²) in [6.45, 7) is 3.29. The number of anilines is 2. The van der Waals surface area contributed by atoms with Crippen LogP contribution in [0.1, 0.15) is 78.5 Å². The van der Waals surface area contributed by atoms with Gasteiger partial charge < -0.3 is 15.5 Å². The zero-order valence-electron chi connectivity index (χ0n) is 24.7. The number of alkyl halides is 3. The van der Waals surface area contributed by atoms with Crippen molar-refractivity contribution in [1.82, 2.24) is 4.90 Å². The molecule has 1 saturated carbocycles. The van der Waals surface area contributed by atoms with Crippen molar-refractivity contribution in [2.24, 2.45) is 11.8 Å². The summed E-state index contributed by atoms with van der Waals surface area (Å²) in [5.74, 6) is -4.66. The zero-order chi connectivity index (χ0) is 31.6. The van der Waals surface area contributed by atoms with Crippen LogP contribution < -0.4 is 10.6 Å². The number of hydrogen-bond donors (Lipinski definition) is 2. The van der Waals surface area contributed by atoms with E-state index in [1.807, 2.05) is 19.1 Å². The van der Waals surface area contributed by atoms with Gasteiger partial charge in [-0.15, -0.1) is 0 Å². The van der Waals surface area contributed by atoms with E-state index in [1.165, 1.54) is 36.4 Å². The molecule has 3 atom stereocenters. The Balaban J connectivity index is 1.50. The smallest absolute Gasteiger partial charge is 0.382 e. The minimum Gasteiger partial charge on any atom is -0.382 e. The fourth-order valence-corrected chi connectivity index (χ4v) is 6.52. The number of amides is 2. The molecule has 0 aromatic heterocycles. The first-order valence-electron chi connectivity index (χ1n) is 15.0. The van der Waals surface area contributed by atoms with E-state index >= 15 is 0 Å². The Bertz CT molecular complexity index is 1480. The predicted molar refractivity (Wildman–Crippen MR) is 159 cm³/mol. The summed E-state index contributed by atoms with van der Waals surface area (Å²) in [5, 5.41) is 6.15. The summed E-state index contributed by atoms with van der Waals surface area (Å²) in [6, 6.07) is 13.5. The van der Waals surface area contributed by atoms with Crippen LogP contribution in [0.2, 0.25) is 0 Å². The molecule has 5 nitrogen and oxygen atoms in total. The average molecular weight is 614 g/mol. The Kier molecular flexibility index (Phi) is 9.27. The average Bonchev–Trinajstić information content (AvgIpc) is 2.98. The second kappa shape index (κ2) is 13.0. The molecule has 0 bridgehead atoms. The maximum Gasteiger partial charge on any atom is 0.416 e. The van der Waals surface area contributed by atoms with E-state index in [2.05, 4.69) is 10.6 Å². The molecule has 234 valence electrons. The van der Waals surface area contributed by atoms with Crippen LogP contribution in [0.5, 0.6) is 0 Å². The fourth-order valence-electron chi connectivity index (χ4n) is 6.52.